The van der Waals surface area contributed by atoms with E-state index >= 15 is 0 Å². The topological polar surface area (TPSA) is 0 Å². The van der Waals surface area contributed by atoms with Gasteiger partial charge in [0.05, 0.1) is 0 Å². The average Bonchev–Trinajstić information content (AvgIpc) is 2.62. The third-order valence-electron chi connectivity index (χ3n) is 1.82. The summed E-state index contributed by atoms with van der Waals surface area (Å²) >= 11 is 1.75. The molecule has 116 valence electrons. The van der Waals surface area contributed by atoms with Crippen molar-refractivity contribution in [2.45, 2.75) is 0 Å². The van der Waals surface area contributed by atoms with Gasteiger partial charge >= 0.3 is 29.2 Å². The van der Waals surface area contributed by atoms with Crippen LogP contribution in [0.25, 0.3) is 0 Å². The number of rotatable bonds is 0. The van der Waals surface area contributed by atoms with E-state index < -0.39 is 0 Å². The van der Waals surface area contributed by atoms with E-state index in [1.54, 1.807) is 20.0 Å². The van der Waals surface area contributed by atoms with Gasteiger partial charge in [-0.05, 0) is 0 Å². The first-order valence-electron chi connectivity index (χ1n) is 5.85. The summed E-state index contributed by atoms with van der Waals surface area (Å²) in [6.45, 7) is 0. The molecule has 0 fully saturated rings. The molecule has 0 heterocycles. The van der Waals surface area contributed by atoms with Crippen molar-refractivity contribution in [2.24, 2.45) is 0 Å². The van der Waals surface area contributed by atoms with Gasteiger partial charge in [0.2, 0.25) is 0 Å². The predicted molar refractivity (Wildman–Crippen MR) is 92.8 cm³/mol. The van der Waals surface area contributed by atoms with E-state index in [2.05, 4.69) is 27.4 Å². The van der Waals surface area contributed by atoms with Crippen LogP contribution >= 0.6 is 19.1 Å². The standard InChI is InChI=1S/3C6H5.Au.ClH.H3P/c3*1-2-4-6-5-3-1;;;/h3*1-5H;;1H;1H3/q3*-1;+1;;/p-1. The summed E-state index contributed by atoms with van der Waals surface area (Å²) in [4.78, 5) is 0. The Hall–Kier alpha value is -0.880. The third-order valence-corrected chi connectivity index (χ3v) is 1.82. The Morgan fingerprint density at radius 2 is 0.619 bits per heavy atom. The smallest absolute Gasteiger partial charge is 0.171 e. The van der Waals surface area contributed by atoms with E-state index in [0.29, 0.717) is 0 Å². The van der Waals surface area contributed by atoms with Crippen LogP contribution in [0.1, 0.15) is 0 Å². The summed E-state index contributed by atoms with van der Waals surface area (Å²) in [5.74, 6) is 0. The Morgan fingerprint density at radius 1 is 0.429 bits per heavy atom. The van der Waals surface area contributed by atoms with Crippen LogP contribution in [0.3, 0.4) is 0 Å². The van der Waals surface area contributed by atoms with Gasteiger partial charge < -0.3 is 0 Å². The van der Waals surface area contributed by atoms with Crippen molar-refractivity contribution < 1.29 is 20.0 Å². The van der Waals surface area contributed by atoms with Crippen LogP contribution < -0.4 is 0 Å². The minimum atomic E-state index is 0. The van der Waals surface area contributed by atoms with Crippen LogP contribution in [0.4, 0.5) is 0 Å². The van der Waals surface area contributed by atoms with Gasteiger partial charge in [-0.2, -0.15) is 119 Å². The minimum absolute atomic E-state index is 0. The number of hydrogen-bond donors (Lipinski definition) is 0. The first-order valence-corrected chi connectivity index (χ1v) is 8.53. The molecule has 0 aromatic heterocycles. The number of hydrogen-bond acceptors (Lipinski definition) is 0. The molecular formula is C18H18AuClP-3. The molecule has 0 saturated carbocycles. The SMILES string of the molecule is P.[Cl][Au].[c-]1ccccc1.[c-]1ccccc1.[c-]1ccccc1. The Morgan fingerprint density at radius 3 is 0.667 bits per heavy atom. The Labute approximate surface area is 147 Å². The fourth-order valence-electron chi connectivity index (χ4n) is 1.03. The summed E-state index contributed by atoms with van der Waals surface area (Å²) in [6, 6.07) is 37.5. The van der Waals surface area contributed by atoms with Crippen LogP contribution in [-0.4, -0.2) is 0 Å². The molecule has 1 atom stereocenters. The maximum Gasteiger partial charge on any atom is -0.171 e. The molecule has 0 saturated heterocycles. The number of halogens is 1. The molecule has 0 aliphatic carbocycles. The van der Waals surface area contributed by atoms with Crippen molar-refractivity contribution >= 4 is 19.1 Å². The molecule has 3 heteroatoms. The van der Waals surface area contributed by atoms with Gasteiger partial charge in [-0.1, -0.05) is 0 Å². The van der Waals surface area contributed by atoms with Gasteiger partial charge in [-0.15, -0.1) is 0 Å². The van der Waals surface area contributed by atoms with E-state index in [0.717, 1.165) is 0 Å². The van der Waals surface area contributed by atoms with Crippen LogP contribution in [-0.2, 0) is 20.0 Å². The molecule has 0 radical (unpaired) electrons. The summed E-state index contributed by atoms with van der Waals surface area (Å²) in [6.07, 6.45) is 0. The maximum absolute atomic E-state index is 4.58. The molecule has 3 rings (SSSR count). The third kappa shape index (κ3) is 19.1. The normalized spacial score (nSPS) is 7.19. The molecule has 0 nitrogen and oxygen atoms in total. The predicted octanol–water partition coefficient (Wildman–Crippen LogP) is 5.21. The zero-order valence-electron chi connectivity index (χ0n) is 11.5. The Kier molecular flexibility index (Phi) is 22.8. The first kappa shape index (κ1) is 22.4. The van der Waals surface area contributed by atoms with E-state index in [1.807, 2.05) is 91.0 Å². The summed E-state index contributed by atoms with van der Waals surface area (Å²) in [5.41, 5.74) is 0. The monoisotopic (exact) mass is 497 g/mol. The molecule has 0 aliphatic rings. The molecule has 0 bridgehead atoms. The van der Waals surface area contributed by atoms with Gasteiger partial charge in [-0.3, -0.25) is 0 Å². The van der Waals surface area contributed by atoms with Gasteiger partial charge in [-0.25, -0.2) is 0 Å². The van der Waals surface area contributed by atoms with Crippen molar-refractivity contribution in [1.29, 1.82) is 0 Å². The van der Waals surface area contributed by atoms with Crippen LogP contribution in [0.5, 0.6) is 0 Å². The molecule has 1 unspecified atom stereocenters. The zero-order chi connectivity index (χ0) is 14.7. The van der Waals surface area contributed by atoms with Crippen molar-refractivity contribution in [1.82, 2.24) is 0 Å². The summed E-state index contributed by atoms with van der Waals surface area (Å²) in [7, 11) is 4.58. The van der Waals surface area contributed by atoms with Crippen LogP contribution in [0.15, 0.2) is 91.0 Å². The zero-order valence-corrected chi connectivity index (χ0v) is 15.9. The second kappa shape index (κ2) is 21.4. The van der Waals surface area contributed by atoms with Gasteiger partial charge in [0, 0.05) is 0 Å². The molecule has 0 N–H and O–H groups in total. The minimum Gasteiger partial charge on any atom is -0.184 e. The van der Waals surface area contributed by atoms with Crippen LogP contribution in [0.2, 0.25) is 0 Å². The summed E-state index contributed by atoms with van der Waals surface area (Å²) in [5, 5.41) is 0. The van der Waals surface area contributed by atoms with E-state index in [1.165, 1.54) is 0 Å². The molecule has 0 spiro atoms. The fraction of sp³-hybridized carbons (Fsp3) is 0. The van der Waals surface area contributed by atoms with Crippen molar-refractivity contribution in [3.63, 3.8) is 0 Å². The van der Waals surface area contributed by atoms with Crippen molar-refractivity contribution in [2.75, 3.05) is 0 Å². The second-order valence-electron chi connectivity index (χ2n) is 3.23. The van der Waals surface area contributed by atoms with Crippen molar-refractivity contribution in [3.8, 4) is 0 Å². The van der Waals surface area contributed by atoms with E-state index in [4.69, 9.17) is 0 Å². The quantitative estimate of drug-likeness (QED) is 0.227. The van der Waals surface area contributed by atoms with Gasteiger partial charge in [0.25, 0.3) is 0 Å². The molecule has 0 aliphatic heterocycles. The average molecular weight is 498 g/mol. The molecule has 3 aromatic carbocycles. The van der Waals surface area contributed by atoms with Crippen LogP contribution in [0, 0.1) is 18.2 Å². The fourth-order valence-corrected chi connectivity index (χ4v) is 1.03. The van der Waals surface area contributed by atoms with E-state index in [9.17, 15) is 0 Å². The Balaban J connectivity index is 0. The molecule has 21 heavy (non-hydrogen) atoms. The Bertz CT molecular complexity index is 308. The maximum atomic E-state index is 4.58. The van der Waals surface area contributed by atoms with Crippen molar-refractivity contribution in [3.05, 3.63) is 109 Å². The molecule has 3 aromatic rings. The van der Waals surface area contributed by atoms with E-state index in [-0.39, 0.29) is 9.90 Å². The second-order valence-corrected chi connectivity index (χ2v) is 3.23. The first-order chi connectivity index (χ1) is 10.0. The summed E-state index contributed by atoms with van der Waals surface area (Å²) < 4.78 is 0. The number of benzene rings is 3. The van der Waals surface area contributed by atoms with Gasteiger partial charge in [0.1, 0.15) is 0 Å². The largest absolute Gasteiger partial charge is 0.184 e. The molecule has 0 amide bonds. The van der Waals surface area contributed by atoms with Gasteiger partial charge in [0.15, 0.2) is 0 Å². The molecular weight excluding hydrogens is 480 g/mol.